The molecule has 11 aromatic rings. The summed E-state index contributed by atoms with van der Waals surface area (Å²) < 4.78 is 8.88. The van der Waals surface area contributed by atoms with Gasteiger partial charge in [0.25, 0.3) is 0 Å². The molecule has 55 heavy (non-hydrogen) atoms. The van der Waals surface area contributed by atoms with Crippen molar-refractivity contribution < 1.29 is 4.42 Å². The van der Waals surface area contributed by atoms with Crippen LogP contribution in [0.5, 0.6) is 0 Å². The molecule has 0 fully saturated rings. The summed E-state index contributed by atoms with van der Waals surface area (Å²) >= 11 is 1.85. The molecule has 0 bridgehead atoms. The molecule has 0 aliphatic heterocycles. The van der Waals surface area contributed by atoms with E-state index in [0.717, 1.165) is 39.0 Å². The van der Waals surface area contributed by atoms with Crippen molar-refractivity contribution in [2.45, 2.75) is 0 Å². The van der Waals surface area contributed by atoms with Gasteiger partial charge in [0.1, 0.15) is 11.2 Å². The number of anilines is 3. The van der Waals surface area contributed by atoms with E-state index < -0.39 is 0 Å². The fourth-order valence-corrected chi connectivity index (χ4v) is 9.30. The van der Waals surface area contributed by atoms with Crippen LogP contribution in [-0.2, 0) is 0 Å². The number of furan rings is 1. The summed E-state index contributed by atoms with van der Waals surface area (Å²) in [4.78, 5) is 2.39. The Morgan fingerprint density at radius 3 is 1.82 bits per heavy atom. The highest BCUT2D eigenvalue weighted by atomic mass is 32.1. The summed E-state index contributed by atoms with van der Waals surface area (Å²) in [6, 6.07) is 72.3. The molecule has 2 heterocycles. The first kappa shape index (κ1) is 31.6. The molecule has 0 spiro atoms. The molecule has 0 unspecified atom stereocenters. The Bertz CT molecular complexity index is 3200. The maximum Gasteiger partial charge on any atom is 0.135 e. The maximum atomic E-state index is 6.26. The molecule has 0 saturated carbocycles. The van der Waals surface area contributed by atoms with E-state index in [0.29, 0.717) is 0 Å². The van der Waals surface area contributed by atoms with E-state index in [1.807, 2.05) is 23.5 Å². The van der Waals surface area contributed by atoms with Gasteiger partial charge in [-0.25, -0.2) is 0 Å². The van der Waals surface area contributed by atoms with Gasteiger partial charge in [0.15, 0.2) is 0 Å². The van der Waals surface area contributed by atoms with Crippen molar-refractivity contribution in [2.24, 2.45) is 0 Å². The van der Waals surface area contributed by atoms with E-state index in [1.165, 1.54) is 64.3 Å². The largest absolute Gasteiger partial charge is 0.456 e. The third-order valence-corrected chi connectivity index (χ3v) is 12.0. The molecule has 0 saturated heterocycles. The monoisotopic (exact) mass is 719 g/mol. The van der Waals surface area contributed by atoms with E-state index in [2.05, 4.69) is 193 Å². The van der Waals surface area contributed by atoms with Gasteiger partial charge in [0.05, 0.1) is 5.69 Å². The Hall–Kier alpha value is -6.94. The van der Waals surface area contributed by atoms with Crippen molar-refractivity contribution in [3.05, 3.63) is 200 Å². The standard InChI is InChI=1S/C52H33NOS/c1-2-12-41-36(10-1)11-9-16-42(41)37-22-20-34(21-23-37)35-24-27-39(28-25-35)53(40-29-30-50-46(33-40)44-14-4-7-18-49(44)54-50)48-17-6-3-13-43(48)38-26-31-52-47(32-38)45-15-5-8-19-51(45)55-52/h1-33H. The summed E-state index contributed by atoms with van der Waals surface area (Å²) in [5.74, 6) is 0. The van der Waals surface area contributed by atoms with Gasteiger partial charge in [-0.3, -0.25) is 0 Å². The minimum Gasteiger partial charge on any atom is -0.456 e. The first-order chi connectivity index (χ1) is 27.2. The molecule has 0 atom stereocenters. The lowest BCUT2D eigenvalue weighted by Crippen LogP contribution is -2.11. The maximum absolute atomic E-state index is 6.26. The molecule has 2 nitrogen and oxygen atoms in total. The van der Waals surface area contributed by atoms with Gasteiger partial charge in [-0.2, -0.15) is 0 Å². The predicted octanol–water partition coefficient (Wildman–Crippen LogP) is 15.6. The lowest BCUT2D eigenvalue weighted by atomic mass is 9.96. The molecule has 0 amide bonds. The van der Waals surface area contributed by atoms with Gasteiger partial charge in [-0.05, 0) is 99.3 Å². The second-order valence-electron chi connectivity index (χ2n) is 14.1. The van der Waals surface area contributed by atoms with Crippen molar-refractivity contribution in [1.29, 1.82) is 0 Å². The average molecular weight is 720 g/mol. The average Bonchev–Trinajstić information content (AvgIpc) is 3.82. The Kier molecular flexibility index (Phi) is 7.39. The van der Waals surface area contributed by atoms with Crippen LogP contribution >= 0.6 is 11.3 Å². The molecule has 2 aromatic heterocycles. The number of benzene rings is 9. The number of nitrogens with zero attached hydrogens (tertiary/aromatic N) is 1. The Morgan fingerprint density at radius 1 is 0.345 bits per heavy atom. The van der Waals surface area contributed by atoms with Crippen molar-refractivity contribution >= 4 is 81.3 Å². The summed E-state index contributed by atoms with van der Waals surface area (Å²) in [5.41, 5.74) is 12.2. The van der Waals surface area contributed by atoms with Gasteiger partial charge in [0, 0.05) is 47.9 Å². The highest BCUT2D eigenvalue weighted by Crippen LogP contribution is 2.45. The van der Waals surface area contributed by atoms with Crippen molar-refractivity contribution in [3.8, 4) is 33.4 Å². The molecule has 0 aliphatic carbocycles. The molecular weight excluding hydrogens is 687 g/mol. The normalized spacial score (nSPS) is 11.6. The minimum atomic E-state index is 0.885. The Labute approximate surface area is 322 Å². The number of thiophene rings is 1. The summed E-state index contributed by atoms with van der Waals surface area (Å²) in [6.07, 6.45) is 0. The Balaban J connectivity index is 1.03. The van der Waals surface area contributed by atoms with Crippen LogP contribution < -0.4 is 4.90 Å². The number of hydrogen-bond acceptors (Lipinski definition) is 3. The molecule has 0 radical (unpaired) electrons. The van der Waals surface area contributed by atoms with E-state index in [9.17, 15) is 0 Å². The number of fused-ring (bicyclic) bond motifs is 7. The van der Waals surface area contributed by atoms with Gasteiger partial charge in [-0.1, -0.05) is 140 Å². The van der Waals surface area contributed by atoms with Gasteiger partial charge in [-0.15, -0.1) is 11.3 Å². The topological polar surface area (TPSA) is 16.4 Å². The zero-order chi connectivity index (χ0) is 36.3. The summed E-state index contributed by atoms with van der Waals surface area (Å²) in [6.45, 7) is 0. The summed E-state index contributed by atoms with van der Waals surface area (Å²) in [5, 5.41) is 7.34. The van der Waals surface area contributed by atoms with Crippen molar-refractivity contribution in [3.63, 3.8) is 0 Å². The van der Waals surface area contributed by atoms with Crippen LogP contribution in [0.4, 0.5) is 17.1 Å². The molecule has 9 aromatic carbocycles. The molecule has 0 N–H and O–H groups in total. The van der Waals surface area contributed by atoms with E-state index >= 15 is 0 Å². The molecule has 258 valence electrons. The third-order valence-electron chi connectivity index (χ3n) is 10.9. The number of rotatable bonds is 6. The predicted molar refractivity (Wildman–Crippen MR) is 235 cm³/mol. The highest BCUT2D eigenvalue weighted by Gasteiger charge is 2.20. The minimum absolute atomic E-state index is 0.885. The van der Waals surface area contributed by atoms with Crippen LogP contribution in [0.25, 0.3) is 86.3 Å². The molecule has 3 heteroatoms. The fourth-order valence-electron chi connectivity index (χ4n) is 8.21. The lowest BCUT2D eigenvalue weighted by Gasteiger charge is -2.28. The Morgan fingerprint density at radius 2 is 0.945 bits per heavy atom. The zero-order valence-corrected chi connectivity index (χ0v) is 30.6. The summed E-state index contributed by atoms with van der Waals surface area (Å²) in [7, 11) is 0. The highest BCUT2D eigenvalue weighted by molar-refractivity contribution is 7.25. The SMILES string of the molecule is c1ccc(N(c2ccc(-c3ccc(-c4cccc5ccccc45)cc3)cc2)c2ccc3oc4ccccc4c3c2)c(-c2ccc3sc4ccccc4c3c2)c1. The molecule has 0 aliphatic rings. The van der Waals surface area contributed by atoms with Crippen LogP contribution in [0.3, 0.4) is 0 Å². The van der Waals surface area contributed by atoms with Crippen molar-refractivity contribution in [1.82, 2.24) is 0 Å². The van der Waals surface area contributed by atoms with Crippen LogP contribution in [0.15, 0.2) is 205 Å². The van der Waals surface area contributed by atoms with Crippen LogP contribution in [0, 0.1) is 0 Å². The quantitative estimate of drug-likeness (QED) is 0.170. The van der Waals surface area contributed by atoms with Gasteiger partial charge in [0.2, 0.25) is 0 Å². The third kappa shape index (κ3) is 5.40. The second kappa shape index (κ2) is 12.9. The first-order valence-electron chi connectivity index (χ1n) is 18.7. The van der Waals surface area contributed by atoms with E-state index in [-0.39, 0.29) is 0 Å². The smallest absolute Gasteiger partial charge is 0.135 e. The van der Waals surface area contributed by atoms with Gasteiger partial charge >= 0.3 is 0 Å². The second-order valence-corrected chi connectivity index (χ2v) is 15.2. The van der Waals surface area contributed by atoms with E-state index in [4.69, 9.17) is 4.42 Å². The fraction of sp³-hybridized carbons (Fsp3) is 0. The zero-order valence-electron chi connectivity index (χ0n) is 29.8. The van der Waals surface area contributed by atoms with E-state index in [1.54, 1.807) is 0 Å². The first-order valence-corrected chi connectivity index (χ1v) is 19.5. The molecule has 11 rings (SSSR count). The van der Waals surface area contributed by atoms with Crippen LogP contribution in [0.1, 0.15) is 0 Å². The number of hydrogen-bond donors (Lipinski definition) is 0. The van der Waals surface area contributed by atoms with Gasteiger partial charge < -0.3 is 9.32 Å². The number of para-hydroxylation sites is 2. The lowest BCUT2D eigenvalue weighted by molar-refractivity contribution is 0.669. The van der Waals surface area contributed by atoms with Crippen LogP contribution in [-0.4, -0.2) is 0 Å². The molecular formula is C52H33NOS. The van der Waals surface area contributed by atoms with Crippen molar-refractivity contribution in [2.75, 3.05) is 4.90 Å². The van der Waals surface area contributed by atoms with Crippen LogP contribution in [0.2, 0.25) is 0 Å².